The van der Waals surface area contributed by atoms with Gasteiger partial charge in [0.25, 0.3) is 0 Å². The van der Waals surface area contributed by atoms with Crippen molar-refractivity contribution >= 4 is 78.0 Å². The summed E-state index contributed by atoms with van der Waals surface area (Å²) in [6.45, 7) is 4.40. The van der Waals surface area contributed by atoms with Crippen LogP contribution >= 0.6 is 0 Å². The summed E-state index contributed by atoms with van der Waals surface area (Å²) >= 11 is 0. The highest BCUT2D eigenvalue weighted by Crippen LogP contribution is 2.68. The van der Waals surface area contributed by atoms with E-state index < -0.39 is 5.41 Å². The number of aryl methyl sites for hydroxylation is 2. The molecule has 2 aromatic heterocycles. The fraction of sp³-hybridized carbons (Fsp3) is 0.0476. The molecule has 2 aliphatic rings. The van der Waals surface area contributed by atoms with E-state index in [1.54, 1.807) is 0 Å². The number of rotatable bonds is 6. The van der Waals surface area contributed by atoms with Gasteiger partial charge in [-0.05, 0) is 119 Å². The van der Waals surface area contributed by atoms with Crippen molar-refractivity contribution in [2.75, 3.05) is 9.80 Å². The predicted octanol–water partition coefficient (Wildman–Crippen LogP) is 17.4. The second-order valence-corrected chi connectivity index (χ2v) is 18.0. The topological polar surface area (TPSA) is 32.8 Å². The summed E-state index contributed by atoms with van der Waals surface area (Å²) < 4.78 is 14.7. The first-order valence-electron chi connectivity index (χ1n) is 23.1. The summed E-state index contributed by atoms with van der Waals surface area (Å²) in [4.78, 5) is 4.86. The molecule has 14 rings (SSSR count). The van der Waals surface area contributed by atoms with Gasteiger partial charge in [0.05, 0.1) is 22.2 Å². The normalized spacial score (nSPS) is 13.0. The fourth-order valence-electron chi connectivity index (χ4n) is 11.8. The van der Waals surface area contributed by atoms with E-state index in [2.05, 4.69) is 242 Å². The molecule has 0 bridgehead atoms. The van der Waals surface area contributed by atoms with Gasteiger partial charge in [-0.15, -0.1) is 0 Å². The molecular formula is C63H42N2O2. The summed E-state index contributed by atoms with van der Waals surface area (Å²) in [6, 6.07) is 79.1. The van der Waals surface area contributed by atoms with Crippen LogP contribution in [-0.4, -0.2) is 0 Å². The minimum absolute atomic E-state index is 0.761. The van der Waals surface area contributed by atoms with Gasteiger partial charge in [0.15, 0.2) is 5.58 Å². The number of nitrogens with zero attached hydrogens (tertiary/aromatic N) is 2. The van der Waals surface area contributed by atoms with Crippen LogP contribution in [0.25, 0.3) is 66.1 Å². The fourth-order valence-corrected chi connectivity index (χ4v) is 11.8. The van der Waals surface area contributed by atoms with Gasteiger partial charge in [-0.1, -0.05) is 158 Å². The molecule has 0 saturated carbocycles. The monoisotopic (exact) mass is 858 g/mol. The minimum Gasteiger partial charge on any atom is -0.455 e. The summed E-state index contributed by atoms with van der Waals surface area (Å²) in [5.74, 6) is 0. The minimum atomic E-state index is -0.761. The molecule has 10 aromatic carbocycles. The quantitative estimate of drug-likeness (QED) is 0.167. The van der Waals surface area contributed by atoms with Crippen molar-refractivity contribution in [1.82, 2.24) is 0 Å². The smallest absolute Gasteiger partial charge is 0.160 e. The van der Waals surface area contributed by atoms with E-state index in [4.69, 9.17) is 8.83 Å². The van der Waals surface area contributed by atoms with Crippen molar-refractivity contribution in [2.24, 2.45) is 0 Å². The third-order valence-corrected chi connectivity index (χ3v) is 14.5. The maximum atomic E-state index is 7.43. The summed E-state index contributed by atoms with van der Waals surface area (Å²) in [5, 5.41) is 4.28. The van der Waals surface area contributed by atoms with Gasteiger partial charge < -0.3 is 18.6 Å². The van der Waals surface area contributed by atoms with Crippen molar-refractivity contribution in [3.63, 3.8) is 0 Å². The molecule has 2 heterocycles. The van der Waals surface area contributed by atoms with Crippen LogP contribution in [0.4, 0.5) is 34.1 Å². The number of furan rings is 2. The van der Waals surface area contributed by atoms with Crippen LogP contribution < -0.4 is 9.80 Å². The Morgan fingerprint density at radius 3 is 1.36 bits per heavy atom. The third kappa shape index (κ3) is 5.13. The first-order valence-corrected chi connectivity index (χ1v) is 23.1. The molecule has 0 radical (unpaired) electrons. The van der Waals surface area contributed by atoms with E-state index in [-0.39, 0.29) is 0 Å². The highest BCUT2D eigenvalue weighted by Gasteiger charge is 2.54. The second-order valence-electron chi connectivity index (χ2n) is 18.0. The van der Waals surface area contributed by atoms with Crippen molar-refractivity contribution in [2.45, 2.75) is 19.3 Å². The van der Waals surface area contributed by atoms with E-state index in [0.29, 0.717) is 0 Å². The Morgan fingerprint density at radius 1 is 0.343 bits per heavy atom. The Bertz CT molecular complexity index is 3930. The summed E-state index contributed by atoms with van der Waals surface area (Å²) in [7, 11) is 0. The number of fused-ring (bicyclic) bond motifs is 18. The Hall–Kier alpha value is -8.60. The Morgan fingerprint density at radius 2 is 0.776 bits per heavy atom. The maximum absolute atomic E-state index is 7.43. The van der Waals surface area contributed by atoms with Crippen LogP contribution in [0.2, 0.25) is 0 Å². The number of hydrogen-bond acceptors (Lipinski definition) is 4. The van der Waals surface area contributed by atoms with Gasteiger partial charge >= 0.3 is 0 Å². The van der Waals surface area contributed by atoms with Crippen LogP contribution in [0.15, 0.2) is 227 Å². The van der Waals surface area contributed by atoms with Gasteiger partial charge in [-0.25, -0.2) is 0 Å². The summed E-state index contributed by atoms with van der Waals surface area (Å²) in [6.07, 6.45) is 0. The van der Waals surface area contributed by atoms with Crippen LogP contribution in [0.1, 0.15) is 33.4 Å². The Labute approximate surface area is 388 Å². The van der Waals surface area contributed by atoms with Crippen LogP contribution in [0.3, 0.4) is 0 Å². The molecule has 4 nitrogen and oxygen atoms in total. The molecule has 316 valence electrons. The first kappa shape index (κ1) is 37.7. The number of benzene rings is 10. The molecular weight excluding hydrogens is 817 g/mol. The lowest BCUT2D eigenvalue weighted by atomic mass is 9.70. The average molecular weight is 859 g/mol. The number of para-hydroxylation sites is 6. The lowest BCUT2D eigenvalue weighted by molar-refractivity contribution is 0.668. The van der Waals surface area contributed by atoms with E-state index in [9.17, 15) is 0 Å². The standard InChI is InChI=1S/C63H42N2O2/c1-39-21-9-17-33-51(39)64(41-23-5-3-6-24-41)53-37-50-60(62-57(53)45-29-13-19-35-55(45)67-62)59-49(63(50)47-31-15-11-27-43(47)44-28-12-16-32-48(44)63)38-54(61-58(59)46-30-14-20-36-56(46)66-61)65(42-25-7-4-8-26-42)52-34-18-10-22-40(52)2/h3-38H,1-2H3. The SMILES string of the molecule is Cc1ccccc1N(c1ccccc1)c1cc2c(c3c1oc1ccccc13)-c1c(cc(N(c3ccccc3)c3ccccc3C)c3c1oc1ccccc13)C21c2ccccc2-c2ccccc21. The molecule has 12 aromatic rings. The Kier molecular flexibility index (Phi) is 8.00. The van der Waals surface area contributed by atoms with Gasteiger partial charge in [-0.3, -0.25) is 0 Å². The lowest BCUT2D eigenvalue weighted by Crippen LogP contribution is -2.26. The molecule has 4 heteroatoms. The Balaban J connectivity index is 1.23. The molecule has 0 atom stereocenters. The average Bonchev–Trinajstić information content (AvgIpc) is 4.12. The van der Waals surface area contributed by atoms with Crippen LogP contribution in [0, 0.1) is 13.8 Å². The molecule has 2 aliphatic carbocycles. The second kappa shape index (κ2) is 14.2. The van der Waals surface area contributed by atoms with Crippen molar-refractivity contribution in [3.8, 4) is 22.3 Å². The molecule has 0 fully saturated rings. The van der Waals surface area contributed by atoms with Crippen molar-refractivity contribution < 1.29 is 8.83 Å². The number of anilines is 6. The predicted molar refractivity (Wildman–Crippen MR) is 276 cm³/mol. The molecule has 0 saturated heterocycles. The first-order chi connectivity index (χ1) is 33.1. The van der Waals surface area contributed by atoms with E-state index in [0.717, 1.165) is 94.7 Å². The molecule has 0 unspecified atom stereocenters. The van der Waals surface area contributed by atoms with Crippen LogP contribution in [0.5, 0.6) is 0 Å². The third-order valence-electron chi connectivity index (χ3n) is 14.5. The zero-order valence-electron chi connectivity index (χ0n) is 37.0. The van der Waals surface area contributed by atoms with Crippen LogP contribution in [-0.2, 0) is 5.41 Å². The number of hydrogen-bond donors (Lipinski definition) is 0. The van der Waals surface area contributed by atoms with E-state index in [1.807, 2.05) is 0 Å². The van der Waals surface area contributed by atoms with Crippen molar-refractivity contribution in [3.05, 3.63) is 252 Å². The zero-order chi connectivity index (χ0) is 44.4. The molecule has 0 amide bonds. The summed E-state index contributed by atoms with van der Waals surface area (Å²) in [5.41, 5.74) is 20.9. The maximum Gasteiger partial charge on any atom is 0.160 e. The molecule has 0 aliphatic heterocycles. The lowest BCUT2D eigenvalue weighted by Gasteiger charge is -2.34. The van der Waals surface area contributed by atoms with Gasteiger partial charge in [0.2, 0.25) is 0 Å². The largest absolute Gasteiger partial charge is 0.455 e. The van der Waals surface area contributed by atoms with Gasteiger partial charge in [-0.2, -0.15) is 0 Å². The van der Waals surface area contributed by atoms with Gasteiger partial charge in [0.1, 0.15) is 16.7 Å². The highest BCUT2D eigenvalue weighted by atomic mass is 16.3. The van der Waals surface area contributed by atoms with E-state index in [1.165, 1.54) is 38.9 Å². The zero-order valence-corrected chi connectivity index (χ0v) is 37.0. The van der Waals surface area contributed by atoms with Gasteiger partial charge in [0, 0.05) is 50.0 Å². The molecule has 0 N–H and O–H groups in total. The highest BCUT2D eigenvalue weighted by molar-refractivity contribution is 6.26. The molecule has 1 spiro atoms. The molecule has 67 heavy (non-hydrogen) atoms. The van der Waals surface area contributed by atoms with E-state index >= 15 is 0 Å². The van der Waals surface area contributed by atoms with Crippen molar-refractivity contribution in [1.29, 1.82) is 0 Å².